The highest BCUT2D eigenvalue weighted by molar-refractivity contribution is 6.07. The third kappa shape index (κ3) is 4.07. The number of benzene rings is 6. The summed E-state index contributed by atoms with van der Waals surface area (Å²) in [5.41, 5.74) is 15.9. The Hall–Kier alpha value is -5.73. The van der Waals surface area contributed by atoms with Crippen LogP contribution in [0.25, 0.3) is 72.1 Å². The van der Waals surface area contributed by atoms with E-state index in [0.717, 1.165) is 11.3 Å². The predicted molar refractivity (Wildman–Crippen MR) is 192 cm³/mol. The van der Waals surface area contributed by atoms with Crippen molar-refractivity contribution in [3.05, 3.63) is 169 Å². The molecule has 2 heteroatoms. The van der Waals surface area contributed by atoms with Crippen molar-refractivity contribution in [3.63, 3.8) is 0 Å². The molecule has 2 heterocycles. The van der Waals surface area contributed by atoms with Gasteiger partial charge in [-0.1, -0.05) is 111 Å². The molecule has 0 radical (unpaired) electrons. The summed E-state index contributed by atoms with van der Waals surface area (Å²) in [6.45, 7) is 4.73. The Labute approximate surface area is 269 Å². The quantitative estimate of drug-likeness (QED) is 0.200. The molecule has 0 aliphatic heterocycles. The van der Waals surface area contributed by atoms with Crippen LogP contribution in [0.3, 0.4) is 0 Å². The number of hydrogen-bond donors (Lipinski definition) is 0. The fraction of sp³-hybridized carbons (Fsp3) is 0.0682. The van der Waals surface area contributed by atoms with E-state index in [1.165, 1.54) is 71.9 Å². The van der Waals surface area contributed by atoms with Crippen molar-refractivity contribution in [2.45, 2.75) is 19.3 Å². The van der Waals surface area contributed by atoms with Gasteiger partial charge in [-0.2, -0.15) is 0 Å². The minimum absolute atomic E-state index is 0.165. The van der Waals surface area contributed by atoms with E-state index in [4.69, 9.17) is 4.98 Å². The number of fused-ring (bicyclic) bond motifs is 6. The average molecular weight is 589 g/mol. The van der Waals surface area contributed by atoms with E-state index in [0.29, 0.717) is 0 Å². The Morgan fingerprint density at radius 2 is 1.02 bits per heavy atom. The van der Waals surface area contributed by atoms with Gasteiger partial charge in [0.15, 0.2) is 0 Å². The molecular weight excluding hydrogens is 556 g/mol. The molecule has 0 saturated heterocycles. The predicted octanol–water partition coefficient (Wildman–Crippen LogP) is 11.5. The van der Waals surface area contributed by atoms with Gasteiger partial charge in [0, 0.05) is 28.1 Å². The zero-order chi connectivity index (χ0) is 30.8. The van der Waals surface area contributed by atoms with Gasteiger partial charge in [-0.15, -0.1) is 0 Å². The van der Waals surface area contributed by atoms with Gasteiger partial charge in [0.25, 0.3) is 0 Å². The minimum Gasteiger partial charge on any atom is -0.294 e. The van der Waals surface area contributed by atoms with Gasteiger partial charge >= 0.3 is 0 Å². The van der Waals surface area contributed by atoms with Gasteiger partial charge < -0.3 is 0 Å². The molecule has 6 aromatic carbocycles. The summed E-state index contributed by atoms with van der Waals surface area (Å²) >= 11 is 0. The van der Waals surface area contributed by atoms with Crippen molar-refractivity contribution in [2.24, 2.45) is 0 Å². The fourth-order valence-electron chi connectivity index (χ4n) is 7.49. The van der Waals surface area contributed by atoms with E-state index in [9.17, 15) is 0 Å². The molecule has 0 saturated carbocycles. The molecule has 0 unspecified atom stereocenters. The maximum absolute atomic E-state index is 4.83. The summed E-state index contributed by atoms with van der Waals surface area (Å²) in [5.74, 6) is 0. The molecule has 0 N–H and O–H groups in total. The highest BCUT2D eigenvalue weighted by Crippen LogP contribution is 2.51. The van der Waals surface area contributed by atoms with Crippen molar-refractivity contribution < 1.29 is 0 Å². The number of aromatic nitrogens is 2. The Bertz CT molecular complexity index is 2320. The molecule has 0 amide bonds. The zero-order valence-corrected chi connectivity index (χ0v) is 25.9. The first-order chi connectivity index (χ1) is 22.6. The van der Waals surface area contributed by atoms with Crippen LogP contribution < -0.4 is 0 Å². The normalized spacial score (nSPS) is 13.2. The molecule has 0 bridgehead atoms. The van der Waals surface area contributed by atoms with Gasteiger partial charge in [-0.25, -0.2) is 4.98 Å². The highest BCUT2D eigenvalue weighted by atomic mass is 15.0. The lowest BCUT2D eigenvalue weighted by Crippen LogP contribution is -2.15. The summed E-state index contributed by atoms with van der Waals surface area (Å²) in [7, 11) is 0. The Morgan fingerprint density at radius 1 is 0.457 bits per heavy atom. The first kappa shape index (κ1) is 26.7. The third-order valence-electron chi connectivity index (χ3n) is 9.83. The fourth-order valence-corrected chi connectivity index (χ4v) is 7.49. The van der Waals surface area contributed by atoms with Crippen LogP contribution in [0, 0.1) is 0 Å². The molecular formula is C44H32N2. The topological polar surface area (TPSA) is 17.8 Å². The molecule has 2 aromatic heterocycles. The van der Waals surface area contributed by atoms with E-state index >= 15 is 0 Å². The van der Waals surface area contributed by atoms with Crippen molar-refractivity contribution >= 4 is 21.9 Å². The number of hydrogen-bond acceptors (Lipinski definition) is 1. The number of para-hydroxylation sites is 1. The zero-order valence-electron chi connectivity index (χ0n) is 25.9. The minimum atomic E-state index is -0.165. The van der Waals surface area contributed by atoms with E-state index in [1.54, 1.807) is 0 Å². The number of pyridine rings is 1. The first-order valence-corrected chi connectivity index (χ1v) is 16.0. The summed E-state index contributed by atoms with van der Waals surface area (Å²) in [6, 6.07) is 55.2. The van der Waals surface area contributed by atoms with E-state index in [1.807, 2.05) is 12.3 Å². The van der Waals surface area contributed by atoms with Gasteiger partial charge in [0.2, 0.25) is 0 Å². The second-order valence-electron chi connectivity index (χ2n) is 12.9. The van der Waals surface area contributed by atoms with Gasteiger partial charge in [0.1, 0.15) is 5.65 Å². The van der Waals surface area contributed by atoms with E-state index in [-0.39, 0.29) is 5.41 Å². The van der Waals surface area contributed by atoms with Crippen molar-refractivity contribution in [3.8, 4) is 50.2 Å². The van der Waals surface area contributed by atoms with Gasteiger partial charge in [0.05, 0.1) is 5.52 Å². The molecule has 0 atom stereocenters. The maximum atomic E-state index is 4.83. The lowest BCUT2D eigenvalue weighted by molar-refractivity contribution is 0.660. The van der Waals surface area contributed by atoms with Crippen LogP contribution >= 0.6 is 0 Å². The monoisotopic (exact) mass is 588 g/mol. The molecule has 218 valence electrons. The van der Waals surface area contributed by atoms with Crippen molar-refractivity contribution in [2.75, 3.05) is 0 Å². The van der Waals surface area contributed by atoms with Crippen molar-refractivity contribution in [1.82, 2.24) is 9.55 Å². The Morgan fingerprint density at radius 3 is 1.72 bits per heavy atom. The lowest BCUT2D eigenvalue weighted by atomic mass is 9.81. The molecule has 9 rings (SSSR count). The molecule has 1 aliphatic rings. The Balaban J connectivity index is 1.18. The SMILES string of the molecule is CC1(C)c2cc(-c3cc(-c4ccccc4)cc(-c4ccccc4)c3)ccc2-c2ccc(-n3c4ccccc4c4cccnc43)cc21. The Kier molecular flexibility index (Phi) is 5.88. The average Bonchev–Trinajstić information content (AvgIpc) is 3.57. The molecule has 0 spiro atoms. The second-order valence-corrected chi connectivity index (χ2v) is 12.9. The van der Waals surface area contributed by atoms with E-state index in [2.05, 4.69) is 164 Å². The van der Waals surface area contributed by atoms with Crippen LogP contribution in [0.15, 0.2) is 158 Å². The van der Waals surface area contributed by atoms with Gasteiger partial charge in [-0.05, 0) is 110 Å². The first-order valence-electron chi connectivity index (χ1n) is 16.0. The molecule has 1 aliphatic carbocycles. The summed E-state index contributed by atoms with van der Waals surface area (Å²) in [4.78, 5) is 4.83. The standard InChI is InChI=1S/C44H32N2/c1-44(2)40-27-31(34-25-32(29-12-5-3-6-13-29)24-33(26-34)30-14-7-4-8-15-30)19-21-36(40)37-22-20-35(28-41(37)44)46-42-18-10-9-16-38(42)39-17-11-23-45-43(39)46/h3-28H,1-2H3. The van der Waals surface area contributed by atoms with Crippen molar-refractivity contribution in [1.29, 1.82) is 0 Å². The van der Waals surface area contributed by atoms with Crippen LogP contribution in [-0.4, -0.2) is 9.55 Å². The molecule has 2 nitrogen and oxygen atoms in total. The van der Waals surface area contributed by atoms with Crippen LogP contribution in [0.2, 0.25) is 0 Å². The smallest absolute Gasteiger partial charge is 0.145 e. The highest BCUT2D eigenvalue weighted by Gasteiger charge is 2.36. The van der Waals surface area contributed by atoms with E-state index < -0.39 is 0 Å². The maximum Gasteiger partial charge on any atom is 0.145 e. The second kappa shape index (κ2) is 10.2. The largest absolute Gasteiger partial charge is 0.294 e. The van der Waals surface area contributed by atoms with Crippen LogP contribution in [0.5, 0.6) is 0 Å². The van der Waals surface area contributed by atoms with Crippen LogP contribution in [-0.2, 0) is 5.41 Å². The number of nitrogens with zero attached hydrogens (tertiary/aromatic N) is 2. The summed E-state index contributed by atoms with van der Waals surface area (Å²) < 4.78 is 2.32. The summed E-state index contributed by atoms with van der Waals surface area (Å²) in [6.07, 6.45) is 1.89. The molecule has 8 aromatic rings. The third-order valence-corrected chi connectivity index (χ3v) is 9.83. The molecule has 0 fully saturated rings. The lowest BCUT2D eigenvalue weighted by Gasteiger charge is -2.23. The van der Waals surface area contributed by atoms with Crippen LogP contribution in [0.4, 0.5) is 0 Å². The van der Waals surface area contributed by atoms with Gasteiger partial charge in [-0.3, -0.25) is 4.57 Å². The number of rotatable bonds is 4. The summed E-state index contributed by atoms with van der Waals surface area (Å²) in [5, 5.41) is 2.41. The van der Waals surface area contributed by atoms with Crippen LogP contribution in [0.1, 0.15) is 25.0 Å². The molecule has 46 heavy (non-hydrogen) atoms.